The lowest BCUT2D eigenvalue weighted by atomic mass is 10.3. The average Bonchev–Trinajstić information content (AvgIpc) is 2.19. The maximum atomic E-state index is 5.47. The lowest BCUT2D eigenvalue weighted by Gasteiger charge is -2.23. The molecule has 1 saturated heterocycles. The standard InChI is InChI=1S/C9H19NO3/c1-11-4-2-5-12-8-9-7-10-3-6-13-9/h9-10H,2-8H2,1H3. The number of nitrogens with one attached hydrogen (secondary N) is 1. The number of morpholine rings is 1. The molecule has 1 fully saturated rings. The van der Waals surface area contributed by atoms with Crippen LogP contribution in [0.3, 0.4) is 0 Å². The van der Waals surface area contributed by atoms with E-state index in [1.807, 2.05) is 0 Å². The molecule has 0 radical (unpaired) electrons. The fourth-order valence-corrected chi connectivity index (χ4v) is 1.25. The first kappa shape index (κ1) is 10.9. The summed E-state index contributed by atoms with van der Waals surface area (Å²) in [5.74, 6) is 0. The first-order chi connectivity index (χ1) is 6.43. The lowest BCUT2D eigenvalue weighted by molar-refractivity contribution is -0.0338. The molecule has 78 valence electrons. The third-order valence-electron chi connectivity index (χ3n) is 1.95. The number of hydrogen-bond donors (Lipinski definition) is 1. The topological polar surface area (TPSA) is 39.7 Å². The molecule has 1 unspecified atom stereocenters. The highest BCUT2D eigenvalue weighted by Gasteiger charge is 2.12. The summed E-state index contributed by atoms with van der Waals surface area (Å²) < 4.78 is 15.8. The average molecular weight is 189 g/mol. The van der Waals surface area contributed by atoms with Crippen molar-refractivity contribution in [3.8, 4) is 0 Å². The minimum absolute atomic E-state index is 0.233. The predicted octanol–water partition coefficient (Wildman–Crippen LogP) is 0.0279. The van der Waals surface area contributed by atoms with Crippen LogP contribution in [0.1, 0.15) is 6.42 Å². The Morgan fingerprint density at radius 3 is 3.08 bits per heavy atom. The molecule has 4 heteroatoms. The van der Waals surface area contributed by atoms with E-state index in [-0.39, 0.29) is 6.10 Å². The summed E-state index contributed by atoms with van der Waals surface area (Å²) in [7, 11) is 1.70. The van der Waals surface area contributed by atoms with E-state index in [9.17, 15) is 0 Å². The highest BCUT2D eigenvalue weighted by Crippen LogP contribution is 1.97. The van der Waals surface area contributed by atoms with Crippen molar-refractivity contribution in [2.75, 3.05) is 46.6 Å². The van der Waals surface area contributed by atoms with Gasteiger partial charge in [-0.3, -0.25) is 0 Å². The van der Waals surface area contributed by atoms with Gasteiger partial charge in [-0.2, -0.15) is 0 Å². The fourth-order valence-electron chi connectivity index (χ4n) is 1.25. The second kappa shape index (κ2) is 7.26. The maximum Gasteiger partial charge on any atom is 0.0933 e. The Bertz CT molecular complexity index is 115. The largest absolute Gasteiger partial charge is 0.385 e. The molecule has 1 N–H and O–H groups in total. The summed E-state index contributed by atoms with van der Waals surface area (Å²) >= 11 is 0. The number of methoxy groups -OCH3 is 1. The van der Waals surface area contributed by atoms with Gasteiger partial charge in [0.05, 0.1) is 19.3 Å². The maximum absolute atomic E-state index is 5.47. The van der Waals surface area contributed by atoms with E-state index < -0.39 is 0 Å². The van der Waals surface area contributed by atoms with Gasteiger partial charge in [0.2, 0.25) is 0 Å². The van der Waals surface area contributed by atoms with Crippen LogP contribution in [0.2, 0.25) is 0 Å². The summed E-state index contributed by atoms with van der Waals surface area (Å²) in [4.78, 5) is 0. The smallest absolute Gasteiger partial charge is 0.0933 e. The van der Waals surface area contributed by atoms with E-state index in [1.165, 1.54) is 0 Å². The minimum atomic E-state index is 0.233. The molecule has 0 aromatic heterocycles. The van der Waals surface area contributed by atoms with Crippen LogP contribution in [0.5, 0.6) is 0 Å². The summed E-state index contributed by atoms with van der Waals surface area (Å²) in [6, 6.07) is 0. The Morgan fingerprint density at radius 2 is 2.38 bits per heavy atom. The Balaban J connectivity index is 1.86. The van der Waals surface area contributed by atoms with Crippen molar-refractivity contribution in [1.82, 2.24) is 5.32 Å². The SMILES string of the molecule is COCCCOCC1CNCCO1. The molecule has 0 amide bonds. The normalized spacial score (nSPS) is 23.3. The highest BCUT2D eigenvalue weighted by molar-refractivity contribution is 4.65. The molecular weight excluding hydrogens is 170 g/mol. The molecule has 0 aromatic carbocycles. The van der Waals surface area contributed by atoms with Gasteiger partial charge in [-0.25, -0.2) is 0 Å². The van der Waals surface area contributed by atoms with Crippen LogP contribution in [0.15, 0.2) is 0 Å². The second-order valence-corrected chi connectivity index (χ2v) is 3.12. The zero-order valence-electron chi connectivity index (χ0n) is 8.25. The van der Waals surface area contributed by atoms with Gasteiger partial charge < -0.3 is 19.5 Å². The molecular formula is C9H19NO3. The van der Waals surface area contributed by atoms with Crippen molar-refractivity contribution in [3.63, 3.8) is 0 Å². The van der Waals surface area contributed by atoms with E-state index in [0.29, 0.717) is 6.61 Å². The first-order valence-electron chi connectivity index (χ1n) is 4.82. The molecule has 0 bridgehead atoms. The predicted molar refractivity (Wildman–Crippen MR) is 49.9 cm³/mol. The van der Waals surface area contributed by atoms with Gasteiger partial charge in [0.1, 0.15) is 0 Å². The van der Waals surface area contributed by atoms with E-state index >= 15 is 0 Å². The Hall–Kier alpha value is -0.160. The van der Waals surface area contributed by atoms with Crippen LogP contribution in [0, 0.1) is 0 Å². The quantitative estimate of drug-likeness (QED) is 0.598. The van der Waals surface area contributed by atoms with E-state index in [4.69, 9.17) is 14.2 Å². The van der Waals surface area contributed by atoms with E-state index in [1.54, 1.807) is 7.11 Å². The Labute approximate surface area is 79.5 Å². The van der Waals surface area contributed by atoms with Gasteiger partial charge in [0, 0.05) is 33.4 Å². The fraction of sp³-hybridized carbons (Fsp3) is 1.00. The number of hydrogen-bond acceptors (Lipinski definition) is 4. The molecule has 13 heavy (non-hydrogen) atoms. The molecule has 4 nitrogen and oxygen atoms in total. The van der Waals surface area contributed by atoms with Gasteiger partial charge in [-0.05, 0) is 6.42 Å². The van der Waals surface area contributed by atoms with Crippen LogP contribution in [-0.4, -0.2) is 52.7 Å². The van der Waals surface area contributed by atoms with Crippen LogP contribution >= 0.6 is 0 Å². The molecule has 1 heterocycles. The molecule has 0 aromatic rings. The molecule has 1 aliphatic rings. The van der Waals surface area contributed by atoms with Crippen molar-refractivity contribution in [2.45, 2.75) is 12.5 Å². The van der Waals surface area contributed by atoms with Crippen molar-refractivity contribution in [1.29, 1.82) is 0 Å². The molecule has 0 aliphatic carbocycles. The van der Waals surface area contributed by atoms with Crippen molar-refractivity contribution in [3.05, 3.63) is 0 Å². The van der Waals surface area contributed by atoms with Crippen LogP contribution in [0.25, 0.3) is 0 Å². The summed E-state index contributed by atoms with van der Waals surface area (Å²) in [5, 5.41) is 3.26. The van der Waals surface area contributed by atoms with Crippen LogP contribution in [0.4, 0.5) is 0 Å². The highest BCUT2D eigenvalue weighted by atomic mass is 16.5. The summed E-state index contributed by atoms with van der Waals surface area (Å²) in [6.45, 7) is 4.88. The first-order valence-corrected chi connectivity index (χ1v) is 4.82. The zero-order valence-corrected chi connectivity index (χ0v) is 8.25. The van der Waals surface area contributed by atoms with Crippen LogP contribution in [-0.2, 0) is 14.2 Å². The molecule has 1 rings (SSSR count). The number of rotatable bonds is 6. The van der Waals surface area contributed by atoms with Crippen molar-refractivity contribution in [2.24, 2.45) is 0 Å². The minimum Gasteiger partial charge on any atom is -0.385 e. The summed E-state index contributed by atoms with van der Waals surface area (Å²) in [5.41, 5.74) is 0. The summed E-state index contributed by atoms with van der Waals surface area (Å²) in [6.07, 6.45) is 1.19. The zero-order chi connectivity index (χ0) is 9.36. The van der Waals surface area contributed by atoms with Gasteiger partial charge in [-0.15, -0.1) is 0 Å². The third kappa shape index (κ3) is 5.21. The Kier molecular flexibility index (Phi) is 6.10. The number of ether oxygens (including phenoxy) is 3. The van der Waals surface area contributed by atoms with Gasteiger partial charge in [0.15, 0.2) is 0 Å². The van der Waals surface area contributed by atoms with E-state index in [2.05, 4.69) is 5.32 Å². The second-order valence-electron chi connectivity index (χ2n) is 3.12. The lowest BCUT2D eigenvalue weighted by Crippen LogP contribution is -2.41. The van der Waals surface area contributed by atoms with Gasteiger partial charge >= 0.3 is 0 Å². The van der Waals surface area contributed by atoms with Crippen LogP contribution < -0.4 is 5.32 Å². The van der Waals surface area contributed by atoms with E-state index in [0.717, 1.165) is 39.3 Å². The molecule has 1 atom stereocenters. The molecule has 1 aliphatic heterocycles. The molecule has 0 saturated carbocycles. The Morgan fingerprint density at radius 1 is 1.46 bits per heavy atom. The third-order valence-corrected chi connectivity index (χ3v) is 1.95. The monoisotopic (exact) mass is 189 g/mol. The van der Waals surface area contributed by atoms with Gasteiger partial charge in [0.25, 0.3) is 0 Å². The van der Waals surface area contributed by atoms with Crippen molar-refractivity contribution < 1.29 is 14.2 Å². The molecule has 0 spiro atoms. The van der Waals surface area contributed by atoms with Crippen molar-refractivity contribution >= 4 is 0 Å². The van der Waals surface area contributed by atoms with Gasteiger partial charge in [-0.1, -0.05) is 0 Å².